The van der Waals surface area contributed by atoms with Crippen molar-refractivity contribution in [3.8, 4) is 0 Å². The third-order valence-electron chi connectivity index (χ3n) is 4.19. The topological polar surface area (TPSA) is 106 Å². The van der Waals surface area contributed by atoms with E-state index in [1.165, 1.54) is 0 Å². The van der Waals surface area contributed by atoms with E-state index in [1.54, 1.807) is 29.9 Å². The van der Waals surface area contributed by atoms with Crippen molar-refractivity contribution in [1.29, 1.82) is 0 Å². The van der Waals surface area contributed by atoms with Crippen molar-refractivity contribution < 1.29 is 19.4 Å². The molecule has 2 heterocycles. The molecule has 0 bridgehead atoms. The number of carbonyl (C=O) groups is 2. The number of aryl methyl sites for hydroxylation is 1. The third-order valence-corrected chi connectivity index (χ3v) is 4.19. The van der Waals surface area contributed by atoms with E-state index in [-0.39, 0.29) is 12.3 Å². The van der Waals surface area contributed by atoms with E-state index < -0.39 is 11.5 Å². The van der Waals surface area contributed by atoms with Crippen molar-refractivity contribution in [1.82, 2.24) is 20.3 Å². The van der Waals surface area contributed by atoms with E-state index in [0.29, 0.717) is 37.1 Å². The third kappa shape index (κ3) is 3.16. The molecule has 23 heavy (non-hydrogen) atoms. The number of hydrogen-bond acceptors (Lipinski definition) is 5. The van der Waals surface area contributed by atoms with Gasteiger partial charge < -0.3 is 15.2 Å². The predicted molar refractivity (Wildman–Crippen MR) is 81.0 cm³/mol. The summed E-state index contributed by atoms with van der Waals surface area (Å²) in [5.74, 6) is -1.23. The van der Waals surface area contributed by atoms with Crippen LogP contribution in [0, 0.1) is 0 Å². The molecule has 1 aromatic heterocycles. The highest BCUT2D eigenvalue weighted by atomic mass is 16.5. The lowest BCUT2D eigenvalue weighted by Crippen LogP contribution is -2.53. The first-order valence-electron chi connectivity index (χ1n) is 7.41. The Morgan fingerprint density at radius 3 is 2.83 bits per heavy atom. The van der Waals surface area contributed by atoms with Crippen LogP contribution in [-0.4, -0.2) is 50.7 Å². The Balaban J connectivity index is 1.84. The molecule has 1 fully saturated rings. The Bertz CT molecular complexity index is 749. The van der Waals surface area contributed by atoms with E-state index in [9.17, 15) is 9.59 Å². The first kappa shape index (κ1) is 15.4. The van der Waals surface area contributed by atoms with Crippen molar-refractivity contribution in [2.45, 2.75) is 24.8 Å². The molecule has 122 valence electrons. The van der Waals surface area contributed by atoms with Gasteiger partial charge in [-0.15, -0.1) is 5.10 Å². The zero-order valence-corrected chi connectivity index (χ0v) is 12.8. The Kier molecular flexibility index (Phi) is 3.99. The molecule has 8 nitrogen and oxygen atoms in total. The lowest BCUT2D eigenvalue weighted by atomic mass is 9.86. The number of carboxylic acids is 1. The molecule has 1 aromatic carbocycles. The Labute approximate surface area is 132 Å². The molecule has 0 spiro atoms. The molecule has 0 saturated carbocycles. The largest absolute Gasteiger partial charge is 0.481 e. The fourth-order valence-electron chi connectivity index (χ4n) is 2.88. The number of hydrogen-bond donors (Lipinski definition) is 2. The number of amides is 1. The second kappa shape index (κ2) is 5.96. The van der Waals surface area contributed by atoms with Gasteiger partial charge in [-0.1, -0.05) is 5.21 Å². The summed E-state index contributed by atoms with van der Waals surface area (Å²) in [6.07, 6.45) is 0.860. The Hall–Kier alpha value is -2.48. The number of aliphatic carboxylic acids is 1. The first-order chi connectivity index (χ1) is 11.0. The number of rotatable bonds is 4. The molecule has 1 aliphatic heterocycles. The zero-order chi connectivity index (χ0) is 16.4. The monoisotopic (exact) mass is 318 g/mol. The molecule has 8 heteroatoms. The normalized spacial score (nSPS) is 17.1. The zero-order valence-electron chi connectivity index (χ0n) is 12.8. The van der Waals surface area contributed by atoms with Gasteiger partial charge in [-0.05, 0) is 31.0 Å². The second-order valence-corrected chi connectivity index (χ2v) is 5.83. The predicted octanol–water partition coefficient (Wildman–Crippen LogP) is 0.722. The minimum absolute atomic E-state index is 0.113. The Morgan fingerprint density at radius 2 is 2.13 bits per heavy atom. The van der Waals surface area contributed by atoms with Crippen LogP contribution in [0.1, 0.15) is 29.6 Å². The van der Waals surface area contributed by atoms with Crippen molar-refractivity contribution >= 4 is 22.9 Å². The van der Waals surface area contributed by atoms with E-state index in [1.807, 2.05) is 0 Å². The van der Waals surface area contributed by atoms with Gasteiger partial charge in [0.05, 0.1) is 17.5 Å². The maximum atomic E-state index is 12.6. The van der Waals surface area contributed by atoms with Gasteiger partial charge in [0.15, 0.2) is 0 Å². The minimum Gasteiger partial charge on any atom is -0.481 e. The van der Waals surface area contributed by atoms with Crippen LogP contribution in [0.25, 0.3) is 11.0 Å². The molecule has 2 aromatic rings. The van der Waals surface area contributed by atoms with E-state index in [4.69, 9.17) is 9.84 Å². The van der Waals surface area contributed by atoms with Gasteiger partial charge in [0.2, 0.25) is 0 Å². The molecule has 1 aliphatic rings. The fraction of sp³-hybridized carbons (Fsp3) is 0.467. The van der Waals surface area contributed by atoms with Gasteiger partial charge in [0, 0.05) is 25.8 Å². The quantitative estimate of drug-likeness (QED) is 0.860. The van der Waals surface area contributed by atoms with Gasteiger partial charge in [-0.3, -0.25) is 9.59 Å². The SMILES string of the molecule is Cn1nnc2ccc(C(=O)NC3(CC(=O)O)CCOCC3)cc21. The van der Waals surface area contributed by atoms with Gasteiger partial charge in [0.25, 0.3) is 5.91 Å². The van der Waals surface area contributed by atoms with Gasteiger partial charge in [0.1, 0.15) is 5.52 Å². The summed E-state index contributed by atoms with van der Waals surface area (Å²) < 4.78 is 6.88. The molecule has 2 N–H and O–H groups in total. The molecule has 3 rings (SSSR count). The standard InChI is InChI=1S/C15H18N4O4/c1-19-12-8-10(2-3-11(12)17-18-19)14(22)16-15(9-13(20)21)4-6-23-7-5-15/h2-3,8H,4-7,9H2,1H3,(H,16,22)(H,20,21). The average molecular weight is 318 g/mol. The van der Waals surface area contributed by atoms with Crippen LogP contribution in [0.5, 0.6) is 0 Å². The molecule has 0 radical (unpaired) electrons. The van der Waals surface area contributed by atoms with Crippen molar-refractivity contribution in [2.24, 2.45) is 7.05 Å². The van der Waals surface area contributed by atoms with Crippen LogP contribution in [-0.2, 0) is 16.6 Å². The smallest absolute Gasteiger partial charge is 0.305 e. The number of ether oxygens (including phenoxy) is 1. The number of benzene rings is 1. The van der Waals surface area contributed by atoms with Crippen LogP contribution in [0.15, 0.2) is 18.2 Å². The molecule has 1 saturated heterocycles. The molecular weight excluding hydrogens is 300 g/mol. The number of nitrogens with zero attached hydrogens (tertiary/aromatic N) is 3. The van der Waals surface area contributed by atoms with E-state index in [2.05, 4.69) is 15.6 Å². The van der Waals surface area contributed by atoms with Crippen LogP contribution >= 0.6 is 0 Å². The summed E-state index contributed by atoms with van der Waals surface area (Å²) in [5, 5.41) is 19.9. The highest BCUT2D eigenvalue weighted by Crippen LogP contribution is 2.25. The van der Waals surface area contributed by atoms with Crippen molar-refractivity contribution in [3.05, 3.63) is 23.8 Å². The minimum atomic E-state index is -0.932. The molecular formula is C15H18N4O4. The number of carboxylic acid groups (broad SMARTS) is 1. The second-order valence-electron chi connectivity index (χ2n) is 5.83. The van der Waals surface area contributed by atoms with Gasteiger partial charge >= 0.3 is 5.97 Å². The number of fused-ring (bicyclic) bond motifs is 1. The summed E-state index contributed by atoms with van der Waals surface area (Å²) in [6, 6.07) is 5.10. The number of nitrogens with one attached hydrogen (secondary N) is 1. The lowest BCUT2D eigenvalue weighted by molar-refractivity contribution is -0.139. The van der Waals surface area contributed by atoms with Crippen LogP contribution in [0.2, 0.25) is 0 Å². The van der Waals surface area contributed by atoms with Crippen LogP contribution < -0.4 is 5.32 Å². The van der Waals surface area contributed by atoms with Gasteiger partial charge in [-0.2, -0.15) is 0 Å². The van der Waals surface area contributed by atoms with E-state index >= 15 is 0 Å². The summed E-state index contributed by atoms with van der Waals surface area (Å²) in [7, 11) is 1.75. The molecule has 0 aliphatic carbocycles. The maximum absolute atomic E-state index is 12.6. The summed E-state index contributed by atoms with van der Waals surface area (Å²) in [5.41, 5.74) is 1.15. The summed E-state index contributed by atoms with van der Waals surface area (Å²) >= 11 is 0. The number of aromatic nitrogens is 3. The average Bonchev–Trinajstić information content (AvgIpc) is 2.88. The van der Waals surface area contributed by atoms with Crippen molar-refractivity contribution in [2.75, 3.05) is 13.2 Å². The van der Waals surface area contributed by atoms with E-state index in [0.717, 1.165) is 5.52 Å². The fourth-order valence-corrected chi connectivity index (χ4v) is 2.88. The number of carbonyl (C=O) groups excluding carboxylic acids is 1. The van der Waals surface area contributed by atoms with Crippen LogP contribution in [0.3, 0.4) is 0 Å². The lowest BCUT2D eigenvalue weighted by Gasteiger charge is -2.36. The maximum Gasteiger partial charge on any atom is 0.305 e. The molecule has 1 amide bonds. The highest BCUT2D eigenvalue weighted by Gasteiger charge is 2.36. The molecule has 0 unspecified atom stereocenters. The first-order valence-corrected chi connectivity index (χ1v) is 7.41. The molecule has 0 atom stereocenters. The Morgan fingerprint density at radius 1 is 1.39 bits per heavy atom. The summed E-state index contributed by atoms with van der Waals surface area (Å²) in [4.78, 5) is 23.7. The van der Waals surface area contributed by atoms with Crippen molar-refractivity contribution in [3.63, 3.8) is 0 Å². The highest BCUT2D eigenvalue weighted by molar-refractivity contribution is 5.98. The summed E-state index contributed by atoms with van der Waals surface area (Å²) in [6.45, 7) is 0.885. The van der Waals surface area contributed by atoms with Crippen LogP contribution in [0.4, 0.5) is 0 Å². The van der Waals surface area contributed by atoms with Gasteiger partial charge in [-0.25, -0.2) is 4.68 Å².